The fourth-order valence-corrected chi connectivity index (χ4v) is 3.42. The summed E-state index contributed by atoms with van der Waals surface area (Å²) < 4.78 is 3.72. The molecule has 2 aromatic carbocycles. The number of carbonyl (C=O) groups excluding carboxylic acids is 2. The number of benzene rings is 2. The van der Waals surface area contributed by atoms with Gasteiger partial charge in [-0.1, -0.05) is 36.4 Å². The molecule has 4 aromatic rings. The number of hydrogen-bond donors (Lipinski definition) is 2. The van der Waals surface area contributed by atoms with Gasteiger partial charge in [-0.15, -0.1) is 0 Å². The highest BCUT2D eigenvalue weighted by Gasteiger charge is 2.21. The van der Waals surface area contributed by atoms with Crippen LogP contribution in [0.1, 0.15) is 34.2 Å². The van der Waals surface area contributed by atoms with E-state index in [4.69, 9.17) is 0 Å². The zero-order valence-electron chi connectivity index (χ0n) is 17.7. The van der Waals surface area contributed by atoms with Crippen LogP contribution in [0.15, 0.2) is 85.7 Å². The molecule has 0 bridgehead atoms. The van der Waals surface area contributed by atoms with Crippen molar-refractivity contribution in [3.63, 3.8) is 0 Å². The number of amides is 2. The van der Waals surface area contributed by atoms with Gasteiger partial charge >= 0.3 is 0 Å². The number of rotatable bonds is 8. The third kappa shape index (κ3) is 5.10. The normalized spacial score (nSPS) is 11.7. The molecule has 4 rings (SSSR count). The van der Waals surface area contributed by atoms with Crippen LogP contribution in [0.5, 0.6) is 0 Å². The van der Waals surface area contributed by atoms with Gasteiger partial charge < -0.3 is 19.8 Å². The molecule has 2 N–H and O–H groups in total. The maximum absolute atomic E-state index is 13.1. The Kier molecular flexibility index (Phi) is 6.41. The van der Waals surface area contributed by atoms with Gasteiger partial charge in [-0.2, -0.15) is 0 Å². The van der Waals surface area contributed by atoms with E-state index >= 15 is 0 Å². The molecule has 0 saturated heterocycles. The predicted octanol–water partition coefficient (Wildman–Crippen LogP) is 3.16. The van der Waals surface area contributed by atoms with Gasteiger partial charge in [-0.05, 0) is 23.8 Å². The van der Waals surface area contributed by atoms with E-state index in [1.54, 1.807) is 43.0 Å². The highest BCUT2D eigenvalue weighted by molar-refractivity contribution is 5.97. The molecule has 8 heteroatoms. The van der Waals surface area contributed by atoms with Crippen LogP contribution in [0.2, 0.25) is 0 Å². The number of aryl methyl sites for hydroxylation is 2. The Morgan fingerprint density at radius 3 is 2.59 bits per heavy atom. The average molecular weight is 428 g/mol. The molecule has 0 saturated carbocycles. The van der Waals surface area contributed by atoms with E-state index in [1.807, 2.05) is 58.9 Å². The monoisotopic (exact) mass is 428 g/mol. The van der Waals surface area contributed by atoms with Crippen molar-refractivity contribution in [1.82, 2.24) is 24.4 Å². The lowest BCUT2D eigenvalue weighted by Crippen LogP contribution is -2.31. The number of carbonyl (C=O) groups is 2. The minimum absolute atomic E-state index is 0.133. The maximum Gasteiger partial charge on any atom is 0.252 e. The second-order valence-corrected chi connectivity index (χ2v) is 7.39. The second kappa shape index (κ2) is 9.74. The Hall–Kier alpha value is -4.20. The Morgan fingerprint density at radius 2 is 1.88 bits per heavy atom. The van der Waals surface area contributed by atoms with Crippen molar-refractivity contribution in [2.45, 2.75) is 19.0 Å². The van der Waals surface area contributed by atoms with Gasteiger partial charge in [0.25, 0.3) is 5.91 Å². The van der Waals surface area contributed by atoms with Crippen LogP contribution >= 0.6 is 0 Å². The average Bonchev–Trinajstić information content (AvgIpc) is 3.48. The Morgan fingerprint density at radius 1 is 1.03 bits per heavy atom. The van der Waals surface area contributed by atoms with Crippen molar-refractivity contribution in [1.29, 1.82) is 0 Å². The maximum atomic E-state index is 13.1. The van der Waals surface area contributed by atoms with Gasteiger partial charge in [0.05, 0.1) is 6.33 Å². The summed E-state index contributed by atoms with van der Waals surface area (Å²) in [6.07, 6.45) is 9.01. The molecule has 162 valence electrons. The summed E-state index contributed by atoms with van der Waals surface area (Å²) in [4.78, 5) is 33.8. The van der Waals surface area contributed by atoms with Crippen molar-refractivity contribution in [3.8, 4) is 0 Å². The summed E-state index contributed by atoms with van der Waals surface area (Å²) in [5.74, 6) is 0.344. The molecule has 8 nitrogen and oxygen atoms in total. The van der Waals surface area contributed by atoms with Crippen molar-refractivity contribution in [3.05, 3.63) is 103 Å². The minimum atomic E-state index is -0.405. The summed E-state index contributed by atoms with van der Waals surface area (Å²) in [6.45, 7) is 0.536. The first kappa shape index (κ1) is 21.0. The first-order valence-corrected chi connectivity index (χ1v) is 10.3. The third-order valence-corrected chi connectivity index (χ3v) is 5.09. The first-order chi connectivity index (χ1) is 15.6. The number of imidazole rings is 2. The molecule has 2 aromatic heterocycles. The van der Waals surface area contributed by atoms with E-state index in [-0.39, 0.29) is 11.8 Å². The van der Waals surface area contributed by atoms with E-state index in [0.29, 0.717) is 24.2 Å². The van der Waals surface area contributed by atoms with E-state index in [1.165, 1.54) is 0 Å². The van der Waals surface area contributed by atoms with Crippen LogP contribution in [0, 0.1) is 0 Å². The van der Waals surface area contributed by atoms with Gasteiger partial charge in [0.2, 0.25) is 5.91 Å². The number of hydrogen-bond acceptors (Lipinski definition) is 4. The summed E-state index contributed by atoms with van der Waals surface area (Å²) >= 11 is 0. The number of aromatic nitrogens is 4. The van der Waals surface area contributed by atoms with Gasteiger partial charge in [0.1, 0.15) is 11.9 Å². The zero-order chi connectivity index (χ0) is 22.3. The number of anilines is 1. The van der Waals surface area contributed by atoms with E-state index in [0.717, 1.165) is 11.4 Å². The molecule has 0 aliphatic heterocycles. The topological polar surface area (TPSA) is 93.8 Å². The quantitative estimate of drug-likeness (QED) is 0.451. The van der Waals surface area contributed by atoms with Gasteiger partial charge in [0.15, 0.2) is 0 Å². The van der Waals surface area contributed by atoms with E-state index in [2.05, 4.69) is 20.6 Å². The molecule has 32 heavy (non-hydrogen) atoms. The largest absolute Gasteiger partial charge is 0.338 e. The molecule has 0 aliphatic carbocycles. The van der Waals surface area contributed by atoms with Crippen LogP contribution in [0.4, 0.5) is 5.69 Å². The Labute approximate surface area is 185 Å². The molecular formula is C24H24N6O2. The van der Waals surface area contributed by atoms with Crippen LogP contribution in [0.3, 0.4) is 0 Å². The molecule has 1 atom stereocenters. The lowest BCUT2D eigenvalue weighted by molar-refractivity contribution is -0.116. The van der Waals surface area contributed by atoms with Crippen LogP contribution in [0.25, 0.3) is 0 Å². The first-order valence-electron chi connectivity index (χ1n) is 10.3. The second-order valence-electron chi connectivity index (χ2n) is 7.39. The number of nitrogens with one attached hydrogen (secondary N) is 2. The number of nitrogens with zero attached hydrogens (tertiary/aromatic N) is 4. The molecular weight excluding hydrogens is 404 g/mol. The van der Waals surface area contributed by atoms with Gasteiger partial charge in [0, 0.05) is 56.1 Å². The standard InChI is InChI=1S/C24H24N6O2/c1-29-14-12-26-23(29)22(18-6-3-2-4-7-18)28-24(32)19-8-5-9-20(16-19)27-21(31)10-13-30-15-11-25-17-30/h2-9,11-12,14-17,22H,10,13H2,1H3,(H,27,31)(H,28,32). The summed E-state index contributed by atoms with van der Waals surface area (Å²) in [7, 11) is 1.89. The van der Waals surface area contributed by atoms with E-state index in [9.17, 15) is 9.59 Å². The predicted molar refractivity (Wildman–Crippen MR) is 121 cm³/mol. The fraction of sp³-hybridized carbons (Fsp3) is 0.167. The van der Waals surface area contributed by atoms with Crippen molar-refractivity contribution < 1.29 is 9.59 Å². The lowest BCUT2D eigenvalue weighted by atomic mass is 10.1. The molecule has 0 fully saturated rings. The molecule has 2 amide bonds. The molecule has 2 heterocycles. The van der Waals surface area contributed by atoms with Gasteiger partial charge in [-0.3, -0.25) is 9.59 Å². The van der Waals surface area contributed by atoms with E-state index < -0.39 is 6.04 Å². The molecule has 1 unspecified atom stereocenters. The summed E-state index contributed by atoms with van der Waals surface area (Å²) in [6, 6.07) is 16.2. The van der Waals surface area contributed by atoms with Gasteiger partial charge in [-0.25, -0.2) is 9.97 Å². The summed E-state index contributed by atoms with van der Waals surface area (Å²) in [5, 5.41) is 5.92. The van der Waals surface area contributed by atoms with Crippen LogP contribution < -0.4 is 10.6 Å². The van der Waals surface area contributed by atoms with Crippen molar-refractivity contribution in [2.24, 2.45) is 7.05 Å². The minimum Gasteiger partial charge on any atom is -0.338 e. The van der Waals surface area contributed by atoms with Crippen molar-refractivity contribution >= 4 is 17.5 Å². The molecule has 0 spiro atoms. The lowest BCUT2D eigenvalue weighted by Gasteiger charge is -2.19. The Balaban J connectivity index is 1.46. The van der Waals surface area contributed by atoms with Crippen LogP contribution in [-0.2, 0) is 18.4 Å². The van der Waals surface area contributed by atoms with Crippen LogP contribution in [-0.4, -0.2) is 30.9 Å². The highest BCUT2D eigenvalue weighted by Crippen LogP contribution is 2.21. The Bertz CT molecular complexity index is 1180. The molecule has 0 aliphatic rings. The fourth-order valence-electron chi connectivity index (χ4n) is 3.42. The molecule has 0 radical (unpaired) electrons. The smallest absolute Gasteiger partial charge is 0.252 e. The summed E-state index contributed by atoms with van der Waals surface area (Å²) in [5.41, 5.74) is 1.95. The van der Waals surface area contributed by atoms with Crippen molar-refractivity contribution in [2.75, 3.05) is 5.32 Å². The SMILES string of the molecule is Cn1ccnc1C(NC(=O)c1cccc(NC(=O)CCn2ccnc2)c1)c1ccccc1. The highest BCUT2D eigenvalue weighted by atomic mass is 16.2. The third-order valence-electron chi connectivity index (χ3n) is 5.09. The zero-order valence-corrected chi connectivity index (χ0v) is 17.7.